The number of piperidine rings is 1. The van der Waals surface area contributed by atoms with Gasteiger partial charge in [0.15, 0.2) is 0 Å². The number of carbonyl (C=O) groups excluding carboxylic acids is 1. The first kappa shape index (κ1) is 19.4. The number of β-amino-alcohol motifs (C(OH)–C–C–N with tert-alkyl or cyclic N) is 1. The van der Waals surface area contributed by atoms with Crippen molar-refractivity contribution >= 4 is 11.8 Å². The molecule has 0 bridgehead atoms. The number of hydrogen-bond donors (Lipinski definition) is 2. The summed E-state index contributed by atoms with van der Waals surface area (Å²) in [4.78, 5) is 13.8. The molecule has 2 unspecified atom stereocenters. The standard InChI is InChI=1S/C18H26N2O4.CH4/c1-18(2,3)24-17(22)20-8-6-12(15(21)10-20)11-4-5-14(19)16-13(11)7-9-23-16;/h4-5,12,15,21H,6-10,19H2,1-3H3;1H4. The maximum atomic E-state index is 12.2. The van der Waals surface area contributed by atoms with Gasteiger partial charge in [-0.15, -0.1) is 0 Å². The molecule has 2 aliphatic rings. The Morgan fingerprint density at radius 2 is 2.12 bits per heavy atom. The SMILES string of the molecule is C.CC(C)(C)OC(=O)N1CCC(c2ccc(N)c3c2CCO3)C(O)C1. The van der Waals surface area contributed by atoms with Gasteiger partial charge in [-0.2, -0.15) is 0 Å². The van der Waals surface area contributed by atoms with Crippen molar-refractivity contribution in [3.8, 4) is 5.75 Å². The maximum absolute atomic E-state index is 12.2. The van der Waals surface area contributed by atoms with E-state index >= 15 is 0 Å². The zero-order chi connectivity index (χ0) is 17.5. The van der Waals surface area contributed by atoms with Gasteiger partial charge in [0.05, 0.1) is 24.9 Å². The van der Waals surface area contributed by atoms with Crippen LogP contribution in [0.5, 0.6) is 5.75 Å². The molecule has 1 fully saturated rings. The van der Waals surface area contributed by atoms with Crippen LogP contribution in [0.2, 0.25) is 0 Å². The van der Waals surface area contributed by atoms with Crippen molar-refractivity contribution in [1.29, 1.82) is 0 Å². The lowest BCUT2D eigenvalue weighted by Crippen LogP contribution is -2.47. The summed E-state index contributed by atoms with van der Waals surface area (Å²) in [5.74, 6) is 0.744. The molecule has 3 N–H and O–H groups in total. The Labute approximate surface area is 149 Å². The van der Waals surface area contributed by atoms with Gasteiger partial charge in [0, 0.05) is 24.4 Å². The van der Waals surface area contributed by atoms with E-state index in [0.29, 0.717) is 25.3 Å². The summed E-state index contributed by atoms with van der Waals surface area (Å²) in [5.41, 5.74) is 8.27. The number of hydrogen-bond acceptors (Lipinski definition) is 5. The van der Waals surface area contributed by atoms with Gasteiger partial charge in [0.25, 0.3) is 0 Å². The second-order valence-electron chi connectivity index (χ2n) is 7.54. The molecule has 2 atom stereocenters. The highest BCUT2D eigenvalue weighted by atomic mass is 16.6. The van der Waals surface area contributed by atoms with Crippen molar-refractivity contribution in [3.05, 3.63) is 23.3 Å². The van der Waals surface area contributed by atoms with E-state index in [1.807, 2.05) is 32.9 Å². The van der Waals surface area contributed by atoms with Crippen LogP contribution in [-0.2, 0) is 11.2 Å². The van der Waals surface area contributed by atoms with Gasteiger partial charge in [0.2, 0.25) is 0 Å². The number of rotatable bonds is 1. The van der Waals surface area contributed by atoms with E-state index in [0.717, 1.165) is 23.3 Å². The fourth-order valence-electron chi connectivity index (χ4n) is 3.48. The Kier molecular flexibility index (Phi) is 5.52. The first-order valence-electron chi connectivity index (χ1n) is 8.46. The van der Waals surface area contributed by atoms with Crippen LogP contribution in [-0.4, -0.2) is 47.5 Å². The number of aliphatic hydroxyl groups excluding tert-OH is 1. The molecule has 1 aromatic carbocycles. The molecule has 1 aromatic rings. The molecule has 0 radical (unpaired) electrons. The summed E-state index contributed by atoms with van der Waals surface area (Å²) >= 11 is 0. The van der Waals surface area contributed by atoms with E-state index in [9.17, 15) is 9.90 Å². The average Bonchev–Trinajstić information content (AvgIpc) is 2.97. The molecule has 2 heterocycles. The third kappa shape index (κ3) is 4.00. The molecule has 0 saturated carbocycles. The number of nitrogens with two attached hydrogens (primary N) is 1. The van der Waals surface area contributed by atoms with Gasteiger partial charge < -0.3 is 25.2 Å². The number of aliphatic hydroxyl groups is 1. The van der Waals surface area contributed by atoms with Crippen LogP contribution < -0.4 is 10.5 Å². The van der Waals surface area contributed by atoms with E-state index in [1.165, 1.54) is 0 Å². The van der Waals surface area contributed by atoms with Crippen molar-refractivity contribution in [2.45, 2.75) is 58.7 Å². The molecular formula is C19H30N2O4. The number of nitrogen functional groups attached to an aromatic ring is 1. The molecule has 2 aliphatic heterocycles. The molecule has 0 aliphatic carbocycles. The highest BCUT2D eigenvalue weighted by Crippen LogP contribution is 2.40. The number of amides is 1. The summed E-state index contributed by atoms with van der Waals surface area (Å²) in [6.45, 7) is 6.99. The van der Waals surface area contributed by atoms with Crippen molar-refractivity contribution in [2.75, 3.05) is 25.4 Å². The minimum Gasteiger partial charge on any atom is -0.491 e. The van der Waals surface area contributed by atoms with E-state index in [4.69, 9.17) is 15.2 Å². The van der Waals surface area contributed by atoms with Crippen molar-refractivity contribution in [1.82, 2.24) is 4.90 Å². The van der Waals surface area contributed by atoms with Crippen molar-refractivity contribution in [3.63, 3.8) is 0 Å². The fraction of sp³-hybridized carbons (Fsp3) is 0.632. The predicted octanol–water partition coefficient (Wildman–Crippen LogP) is 2.93. The third-order valence-electron chi connectivity index (χ3n) is 4.56. The Hall–Kier alpha value is -1.95. The van der Waals surface area contributed by atoms with E-state index in [2.05, 4.69) is 0 Å². The molecule has 140 valence electrons. The molecule has 6 heteroatoms. The van der Waals surface area contributed by atoms with Crippen LogP contribution in [0.1, 0.15) is 51.7 Å². The van der Waals surface area contributed by atoms with Crippen LogP contribution >= 0.6 is 0 Å². The highest BCUT2D eigenvalue weighted by Gasteiger charge is 2.35. The normalized spacial score (nSPS) is 22.6. The zero-order valence-electron chi connectivity index (χ0n) is 14.5. The Bertz CT molecular complexity index is 639. The van der Waals surface area contributed by atoms with E-state index in [1.54, 1.807) is 4.90 Å². The summed E-state index contributed by atoms with van der Waals surface area (Å²) in [5, 5.41) is 10.6. The van der Waals surface area contributed by atoms with Gasteiger partial charge in [0.1, 0.15) is 11.4 Å². The van der Waals surface area contributed by atoms with Crippen molar-refractivity contribution in [2.24, 2.45) is 0 Å². The van der Waals surface area contributed by atoms with Crippen LogP contribution in [0.3, 0.4) is 0 Å². The van der Waals surface area contributed by atoms with Crippen molar-refractivity contribution < 1.29 is 19.4 Å². The second kappa shape index (κ2) is 7.12. The smallest absolute Gasteiger partial charge is 0.410 e. The number of benzene rings is 1. The Morgan fingerprint density at radius 1 is 1.40 bits per heavy atom. The topological polar surface area (TPSA) is 85.0 Å². The van der Waals surface area contributed by atoms with Gasteiger partial charge in [-0.05, 0) is 38.8 Å². The van der Waals surface area contributed by atoms with E-state index < -0.39 is 11.7 Å². The lowest BCUT2D eigenvalue weighted by Gasteiger charge is -2.37. The molecule has 0 spiro atoms. The van der Waals surface area contributed by atoms with Crippen LogP contribution in [0, 0.1) is 0 Å². The Balaban J connectivity index is 0.00000225. The first-order valence-corrected chi connectivity index (χ1v) is 8.46. The fourth-order valence-corrected chi connectivity index (χ4v) is 3.48. The maximum Gasteiger partial charge on any atom is 0.410 e. The lowest BCUT2D eigenvalue weighted by atomic mass is 9.83. The summed E-state index contributed by atoms with van der Waals surface area (Å²) in [6, 6.07) is 3.83. The zero-order valence-corrected chi connectivity index (χ0v) is 14.5. The molecular weight excluding hydrogens is 320 g/mol. The largest absolute Gasteiger partial charge is 0.491 e. The molecule has 1 amide bonds. The second-order valence-corrected chi connectivity index (χ2v) is 7.54. The monoisotopic (exact) mass is 350 g/mol. The Morgan fingerprint density at radius 3 is 2.76 bits per heavy atom. The summed E-state index contributed by atoms with van der Waals surface area (Å²) < 4.78 is 11.0. The van der Waals surface area contributed by atoms with Gasteiger partial charge in [-0.3, -0.25) is 0 Å². The van der Waals surface area contributed by atoms with Gasteiger partial charge in [-0.25, -0.2) is 4.79 Å². The van der Waals surface area contributed by atoms with Gasteiger partial charge in [-0.1, -0.05) is 13.5 Å². The minimum absolute atomic E-state index is 0. The van der Waals surface area contributed by atoms with Gasteiger partial charge >= 0.3 is 6.09 Å². The van der Waals surface area contributed by atoms with Crippen LogP contribution in [0.4, 0.5) is 10.5 Å². The number of anilines is 1. The molecule has 3 rings (SSSR count). The number of carbonyl (C=O) groups is 1. The molecule has 0 aromatic heterocycles. The van der Waals surface area contributed by atoms with Crippen LogP contribution in [0.25, 0.3) is 0 Å². The molecule has 6 nitrogen and oxygen atoms in total. The lowest BCUT2D eigenvalue weighted by molar-refractivity contribution is -0.00157. The summed E-state index contributed by atoms with van der Waals surface area (Å²) in [6.07, 6.45) is 0.510. The predicted molar refractivity (Wildman–Crippen MR) is 98.0 cm³/mol. The number of nitrogens with zero attached hydrogens (tertiary/aromatic N) is 1. The molecule has 1 saturated heterocycles. The number of likely N-dealkylation sites (tertiary alicyclic amines) is 1. The number of fused-ring (bicyclic) bond motifs is 1. The van der Waals surface area contributed by atoms with Crippen LogP contribution in [0.15, 0.2) is 12.1 Å². The average molecular weight is 350 g/mol. The third-order valence-corrected chi connectivity index (χ3v) is 4.56. The minimum atomic E-state index is -0.625. The highest BCUT2D eigenvalue weighted by molar-refractivity contribution is 5.68. The summed E-state index contributed by atoms with van der Waals surface area (Å²) in [7, 11) is 0. The first-order chi connectivity index (χ1) is 11.3. The molecule has 25 heavy (non-hydrogen) atoms. The van der Waals surface area contributed by atoms with E-state index in [-0.39, 0.29) is 26.0 Å². The quantitative estimate of drug-likeness (QED) is 0.761. The number of ether oxygens (including phenoxy) is 2.